The third-order valence-corrected chi connectivity index (χ3v) is 3.15. The molecule has 1 atom stereocenters. The summed E-state index contributed by atoms with van der Waals surface area (Å²) >= 11 is 8.97. The first-order chi connectivity index (χ1) is 7.52. The highest BCUT2D eigenvalue weighted by molar-refractivity contribution is 9.10. The number of nitrogens with zero attached hydrogens (tertiary/aromatic N) is 1. The Bertz CT molecular complexity index is 386. The monoisotopic (exact) mass is 305 g/mol. The normalized spacial score (nSPS) is 12.2. The standard InChI is InChI=1S/C10H13BrClN3O/c1-6(4-13)2-9(16)15-7-3-8(11)10(12)14-5-7/h3,5-6H,2,4,13H2,1H3,(H,15,16). The van der Waals surface area contributed by atoms with Gasteiger partial charge in [0.1, 0.15) is 5.15 Å². The van der Waals surface area contributed by atoms with Crippen LogP contribution in [0.15, 0.2) is 16.7 Å². The average molecular weight is 307 g/mol. The van der Waals surface area contributed by atoms with E-state index in [9.17, 15) is 4.79 Å². The summed E-state index contributed by atoms with van der Waals surface area (Å²) in [5, 5.41) is 3.10. The summed E-state index contributed by atoms with van der Waals surface area (Å²) in [6.45, 7) is 2.42. The number of halogens is 2. The highest BCUT2D eigenvalue weighted by Crippen LogP contribution is 2.22. The highest BCUT2D eigenvalue weighted by atomic mass is 79.9. The fourth-order valence-corrected chi connectivity index (χ4v) is 1.55. The van der Waals surface area contributed by atoms with Crippen molar-refractivity contribution in [3.8, 4) is 0 Å². The second kappa shape index (κ2) is 6.18. The van der Waals surface area contributed by atoms with Crippen molar-refractivity contribution in [3.05, 3.63) is 21.9 Å². The van der Waals surface area contributed by atoms with E-state index in [1.54, 1.807) is 6.07 Å². The molecule has 0 aliphatic rings. The Hall–Kier alpha value is -0.650. The van der Waals surface area contributed by atoms with E-state index >= 15 is 0 Å². The maximum absolute atomic E-state index is 11.5. The van der Waals surface area contributed by atoms with E-state index < -0.39 is 0 Å². The number of amides is 1. The zero-order valence-corrected chi connectivity index (χ0v) is 11.2. The molecule has 88 valence electrons. The molecule has 4 nitrogen and oxygen atoms in total. The number of pyridine rings is 1. The summed E-state index contributed by atoms with van der Waals surface area (Å²) < 4.78 is 0.652. The minimum atomic E-state index is -0.0750. The summed E-state index contributed by atoms with van der Waals surface area (Å²) in [4.78, 5) is 15.4. The molecule has 0 aliphatic heterocycles. The lowest BCUT2D eigenvalue weighted by Crippen LogP contribution is -2.20. The van der Waals surface area contributed by atoms with Crippen LogP contribution in [0.1, 0.15) is 13.3 Å². The van der Waals surface area contributed by atoms with Crippen LogP contribution in [0.2, 0.25) is 5.15 Å². The van der Waals surface area contributed by atoms with Crippen molar-refractivity contribution in [1.82, 2.24) is 4.98 Å². The number of carbonyl (C=O) groups excluding carboxylic acids is 1. The zero-order chi connectivity index (χ0) is 12.1. The minimum Gasteiger partial charge on any atom is -0.330 e. The molecular weight excluding hydrogens is 293 g/mol. The first kappa shape index (κ1) is 13.4. The van der Waals surface area contributed by atoms with Gasteiger partial charge in [0.2, 0.25) is 5.91 Å². The molecular formula is C10H13BrClN3O. The molecule has 0 saturated heterocycles. The van der Waals surface area contributed by atoms with Crippen LogP contribution < -0.4 is 11.1 Å². The average Bonchev–Trinajstić information content (AvgIpc) is 2.23. The predicted molar refractivity (Wildman–Crippen MR) is 68.4 cm³/mol. The molecule has 1 aromatic rings. The number of aromatic nitrogens is 1. The summed E-state index contributed by atoms with van der Waals surface area (Å²) in [5.41, 5.74) is 6.06. The second-order valence-corrected chi connectivity index (χ2v) is 4.80. The van der Waals surface area contributed by atoms with Crippen LogP contribution in [-0.4, -0.2) is 17.4 Å². The molecule has 6 heteroatoms. The number of hydrogen-bond acceptors (Lipinski definition) is 3. The van der Waals surface area contributed by atoms with Gasteiger partial charge in [-0.3, -0.25) is 4.79 Å². The lowest BCUT2D eigenvalue weighted by atomic mass is 10.1. The minimum absolute atomic E-state index is 0.0750. The van der Waals surface area contributed by atoms with E-state index in [2.05, 4.69) is 26.2 Å². The van der Waals surface area contributed by atoms with Crippen LogP contribution in [0.5, 0.6) is 0 Å². The molecule has 0 fully saturated rings. The Labute approximate surface area is 108 Å². The van der Waals surface area contributed by atoms with Crippen molar-refractivity contribution in [3.63, 3.8) is 0 Å². The molecule has 1 rings (SSSR count). The fourth-order valence-electron chi connectivity index (χ4n) is 1.10. The molecule has 3 N–H and O–H groups in total. The largest absolute Gasteiger partial charge is 0.330 e. The van der Waals surface area contributed by atoms with E-state index in [1.807, 2.05) is 6.92 Å². The molecule has 0 radical (unpaired) electrons. The van der Waals surface area contributed by atoms with Crippen LogP contribution >= 0.6 is 27.5 Å². The maximum atomic E-state index is 11.5. The van der Waals surface area contributed by atoms with E-state index in [-0.39, 0.29) is 11.8 Å². The van der Waals surface area contributed by atoms with Gasteiger partial charge in [-0.1, -0.05) is 18.5 Å². The SMILES string of the molecule is CC(CN)CC(=O)Nc1cnc(Cl)c(Br)c1. The van der Waals surface area contributed by atoms with Crippen molar-refractivity contribution in [2.45, 2.75) is 13.3 Å². The van der Waals surface area contributed by atoms with Gasteiger partial charge in [-0.05, 0) is 34.5 Å². The van der Waals surface area contributed by atoms with Crippen LogP contribution in [0, 0.1) is 5.92 Å². The smallest absolute Gasteiger partial charge is 0.224 e. The molecule has 0 aromatic carbocycles. The number of hydrogen-bond donors (Lipinski definition) is 2. The molecule has 1 unspecified atom stereocenters. The van der Waals surface area contributed by atoms with Gasteiger partial charge in [0.05, 0.1) is 16.4 Å². The van der Waals surface area contributed by atoms with E-state index in [4.69, 9.17) is 17.3 Å². The topological polar surface area (TPSA) is 68.0 Å². The molecule has 0 bridgehead atoms. The van der Waals surface area contributed by atoms with Crippen molar-refractivity contribution >= 4 is 39.1 Å². The highest BCUT2D eigenvalue weighted by Gasteiger charge is 2.08. The number of nitrogens with one attached hydrogen (secondary N) is 1. The zero-order valence-electron chi connectivity index (χ0n) is 8.84. The van der Waals surface area contributed by atoms with Gasteiger partial charge in [-0.15, -0.1) is 0 Å². The molecule has 1 amide bonds. The van der Waals surface area contributed by atoms with Crippen LogP contribution in [0.25, 0.3) is 0 Å². The van der Waals surface area contributed by atoms with Gasteiger partial charge in [-0.2, -0.15) is 0 Å². The van der Waals surface area contributed by atoms with Crippen molar-refractivity contribution in [1.29, 1.82) is 0 Å². The Balaban J connectivity index is 2.59. The van der Waals surface area contributed by atoms with E-state index in [0.717, 1.165) is 0 Å². The Morgan fingerprint density at radius 2 is 2.44 bits per heavy atom. The Morgan fingerprint density at radius 3 is 3.00 bits per heavy atom. The van der Waals surface area contributed by atoms with Gasteiger partial charge >= 0.3 is 0 Å². The summed E-state index contributed by atoms with van der Waals surface area (Å²) in [6, 6.07) is 1.71. The third kappa shape index (κ3) is 4.08. The predicted octanol–water partition coefficient (Wildman–Crippen LogP) is 2.42. The fraction of sp³-hybridized carbons (Fsp3) is 0.400. The lowest BCUT2D eigenvalue weighted by molar-refractivity contribution is -0.116. The first-order valence-corrected chi connectivity index (χ1v) is 6.01. The lowest BCUT2D eigenvalue weighted by Gasteiger charge is -2.09. The number of rotatable bonds is 4. The molecule has 1 heterocycles. The van der Waals surface area contributed by atoms with Crippen molar-refractivity contribution in [2.24, 2.45) is 11.7 Å². The Kier molecular flexibility index (Phi) is 5.18. The molecule has 0 spiro atoms. The van der Waals surface area contributed by atoms with Gasteiger partial charge in [0, 0.05) is 6.42 Å². The van der Waals surface area contributed by atoms with E-state index in [1.165, 1.54) is 6.20 Å². The van der Waals surface area contributed by atoms with Gasteiger partial charge in [-0.25, -0.2) is 4.98 Å². The van der Waals surface area contributed by atoms with Gasteiger partial charge < -0.3 is 11.1 Å². The number of anilines is 1. The quantitative estimate of drug-likeness (QED) is 0.840. The van der Waals surface area contributed by atoms with Gasteiger partial charge in [0.25, 0.3) is 0 Å². The van der Waals surface area contributed by atoms with Crippen molar-refractivity contribution < 1.29 is 4.79 Å². The summed E-state index contributed by atoms with van der Waals surface area (Å²) in [5.74, 6) is 0.0951. The summed E-state index contributed by atoms with van der Waals surface area (Å²) in [7, 11) is 0. The Morgan fingerprint density at radius 1 is 1.75 bits per heavy atom. The third-order valence-electron chi connectivity index (χ3n) is 2.02. The van der Waals surface area contributed by atoms with Crippen LogP contribution in [0.4, 0.5) is 5.69 Å². The number of nitrogens with two attached hydrogens (primary N) is 1. The van der Waals surface area contributed by atoms with E-state index in [0.29, 0.717) is 28.3 Å². The van der Waals surface area contributed by atoms with Crippen LogP contribution in [0.3, 0.4) is 0 Å². The van der Waals surface area contributed by atoms with Gasteiger partial charge in [0.15, 0.2) is 0 Å². The number of carbonyl (C=O) groups is 1. The maximum Gasteiger partial charge on any atom is 0.224 e. The second-order valence-electron chi connectivity index (χ2n) is 3.59. The molecule has 0 aliphatic carbocycles. The van der Waals surface area contributed by atoms with Crippen LogP contribution in [-0.2, 0) is 4.79 Å². The molecule has 0 saturated carbocycles. The molecule has 1 aromatic heterocycles. The summed E-state index contributed by atoms with van der Waals surface area (Å²) in [6.07, 6.45) is 1.91. The van der Waals surface area contributed by atoms with Crippen molar-refractivity contribution in [2.75, 3.05) is 11.9 Å². The first-order valence-electron chi connectivity index (χ1n) is 4.84. The molecule has 16 heavy (non-hydrogen) atoms.